The molecule has 2 heteroatoms. The van der Waals surface area contributed by atoms with Crippen molar-refractivity contribution in [1.82, 2.24) is 10.2 Å². The fourth-order valence-corrected chi connectivity index (χ4v) is 3.54. The minimum absolute atomic E-state index is 0.568. The maximum Gasteiger partial charge on any atom is 0.00333 e. The molecule has 2 nitrogen and oxygen atoms in total. The van der Waals surface area contributed by atoms with E-state index in [4.69, 9.17) is 0 Å². The van der Waals surface area contributed by atoms with Gasteiger partial charge in [-0.25, -0.2) is 0 Å². The van der Waals surface area contributed by atoms with Gasteiger partial charge in [0.15, 0.2) is 0 Å². The molecule has 0 aromatic carbocycles. The number of hydrogen-bond acceptors (Lipinski definition) is 2. The summed E-state index contributed by atoms with van der Waals surface area (Å²) in [7, 11) is 2.33. The summed E-state index contributed by atoms with van der Waals surface area (Å²) in [5.74, 6) is 0.996. The van der Waals surface area contributed by atoms with E-state index in [1.807, 2.05) is 0 Å². The zero-order chi connectivity index (χ0) is 11.4. The minimum atomic E-state index is 0.568. The Bertz CT molecular complexity index is 203. The van der Waals surface area contributed by atoms with E-state index in [1.54, 1.807) is 0 Å². The molecule has 1 aliphatic heterocycles. The van der Waals surface area contributed by atoms with Crippen LogP contribution in [0.3, 0.4) is 0 Å². The van der Waals surface area contributed by atoms with Crippen molar-refractivity contribution in [2.45, 2.75) is 45.4 Å². The first-order chi connectivity index (χ1) is 7.68. The van der Waals surface area contributed by atoms with Gasteiger partial charge in [-0.15, -0.1) is 0 Å². The van der Waals surface area contributed by atoms with Gasteiger partial charge in [0.2, 0.25) is 0 Å². The quantitative estimate of drug-likeness (QED) is 0.789. The van der Waals surface area contributed by atoms with Crippen LogP contribution in [0.1, 0.15) is 45.4 Å². The Balaban J connectivity index is 1.74. The van der Waals surface area contributed by atoms with E-state index >= 15 is 0 Å². The van der Waals surface area contributed by atoms with Gasteiger partial charge in [-0.05, 0) is 57.2 Å². The lowest BCUT2D eigenvalue weighted by molar-refractivity contribution is 0.135. The van der Waals surface area contributed by atoms with Gasteiger partial charge in [0.1, 0.15) is 0 Å². The Labute approximate surface area is 101 Å². The van der Waals surface area contributed by atoms with Gasteiger partial charge in [-0.3, -0.25) is 0 Å². The lowest BCUT2D eigenvalue weighted by Gasteiger charge is -2.38. The van der Waals surface area contributed by atoms with E-state index < -0.39 is 0 Å². The van der Waals surface area contributed by atoms with Crippen molar-refractivity contribution < 1.29 is 0 Å². The number of rotatable bonds is 4. The third kappa shape index (κ3) is 3.46. The van der Waals surface area contributed by atoms with E-state index in [0.717, 1.165) is 5.92 Å². The van der Waals surface area contributed by atoms with Gasteiger partial charge in [-0.2, -0.15) is 0 Å². The summed E-state index contributed by atoms with van der Waals surface area (Å²) in [4.78, 5) is 2.60. The highest BCUT2D eigenvalue weighted by Gasteiger charge is 2.28. The molecule has 94 valence electrons. The van der Waals surface area contributed by atoms with E-state index in [9.17, 15) is 0 Å². The first kappa shape index (κ1) is 12.4. The van der Waals surface area contributed by atoms with Crippen molar-refractivity contribution in [2.24, 2.45) is 11.3 Å². The second-order valence-corrected chi connectivity index (χ2v) is 6.41. The molecule has 0 spiro atoms. The molecule has 2 fully saturated rings. The molecule has 1 N–H and O–H groups in total. The van der Waals surface area contributed by atoms with E-state index in [1.165, 1.54) is 64.7 Å². The summed E-state index contributed by atoms with van der Waals surface area (Å²) in [5.41, 5.74) is 0.568. The molecule has 1 saturated heterocycles. The first-order valence-electron chi connectivity index (χ1n) is 7.07. The predicted octanol–water partition coefficient (Wildman–Crippen LogP) is 2.50. The molecule has 0 bridgehead atoms. The van der Waals surface area contributed by atoms with Crippen molar-refractivity contribution in [2.75, 3.05) is 33.2 Å². The van der Waals surface area contributed by atoms with Crippen molar-refractivity contribution in [3.05, 3.63) is 0 Å². The van der Waals surface area contributed by atoms with Crippen LogP contribution in [0, 0.1) is 11.3 Å². The Kier molecular flexibility index (Phi) is 4.26. The highest BCUT2D eigenvalue weighted by molar-refractivity contribution is 4.83. The van der Waals surface area contributed by atoms with Gasteiger partial charge in [0.05, 0.1) is 0 Å². The molecule has 0 atom stereocenters. The van der Waals surface area contributed by atoms with Crippen LogP contribution in [0.25, 0.3) is 0 Å². The highest BCUT2D eigenvalue weighted by atomic mass is 15.1. The van der Waals surface area contributed by atoms with Crippen molar-refractivity contribution >= 4 is 0 Å². The number of nitrogens with zero attached hydrogens (tertiary/aromatic N) is 1. The smallest absolute Gasteiger partial charge is 0.00333 e. The summed E-state index contributed by atoms with van der Waals surface area (Å²) in [6.45, 7) is 7.54. The highest BCUT2D eigenvalue weighted by Crippen LogP contribution is 2.30. The van der Waals surface area contributed by atoms with Crippen LogP contribution in [0.2, 0.25) is 0 Å². The number of nitrogens with one attached hydrogen (secondary N) is 1. The Hall–Kier alpha value is -0.0800. The molecule has 0 aromatic heterocycles. The third-order valence-electron chi connectivity index (χ3n) is 4.51. The summed E-state index contributed by atoms with van der Waals surface area (Å²) in [6, 6.07) is 0. The summed E-state index contributed by atoms with van der Waals surface area (Å²) >= 11 is 0. The maximum atomic E-state index is 3.47. The summed E-state index contributed by atoms with van der Waals surface area (Å²) < 4.78 is 0. The van der Waals surface area contributed by atoms with Gasteiger partial charge < -0.3 is 10.2 Å². The SMILES string of the molecule is CN(CC1CCCC1)CC1(C)CCNCC1. The molecule has 1 heterocycles. The predicted molar refractivity (Wildman–Crippen MR) is 69.7 cm³/mol. The zero-order valence-electron chi connectivity index (χ0n) is 11.1. The normalized spacial score (nSPS) is 26.4. The number of hydrogen-bond donors (Lipinski definition) is 1. The molecule has 0 aromatic rings. The van der Waals surface area contributed by atoms with E-state index in [2.05, 4.69) is 24.2 Å². The second kappa shape index (κ2) is 5.50. The molecule has 1 saturated carbocycles. The Morgan fingerprint density at radius 3 is 2.44 bits per heavy atom. The molecule has 0 amide bonds. The summed E-state index contributed by atoms with van der Waals surface area (Å²) in [6.07, 6.45) is 8.59. The van der Waals surface area contributed by atoms with Gasteiger partial charge in [-0.1, -0.05) is 19.8 Å². The van der Waals surface area contributed by atoms with E-state index in [-0.39, 0.29) is 0 Å². The molecule has 2 rings (SSSR count). The standard InChI is InChI=1S/C14H28N2/c1-14(7-9-15-10-8-14)12-16(2)11-13-5-3-4-6-13/h13,15H,3-12H2,1-2H3. The fraction of sp³-hybridized carbons (Fsp3) is 1.00. The van der Waals surface area contributed by atoms with E-state index in [0.29, 0.717) is 5.41 Å². The number of piperidine rings is 1. The molecule has 0 unspecified atom stereocenters. The van der Waals surface area contributed by atoms with Crippen LogP contribution < -0.4 is 5.32 Å². The van der Waals surface area contributed by atoms with Crippen molar-refractivity contribution in [1.29, 1.82) is 0 Å². The fourth-order valence-electron chi connectivity index (χ4n) is 3.54. The average molecular weight is 224 g/mol. The zero-order valence-corrected chi connectivity index (χ0v) is 11.1. The molecule has 1 aliphatic carbocycles. The molecular weight excluding hydrogens is 196 g/mol. The molecular formula is C14H28N2. The maximum absolute atomic E-state index is 3.47. The average Bonchev–Trinajstić information content (AvgIpc) is 2.70. The minimum Gasteiger partial charge on any atom is -0.317 e. The van der Waals surface area contributed by atoms with Crippen molar-refractivity contribution in [3.63, 3.8) is 0 Å². The van der Waals surface area contributed by atoms with Crippen molar-refractivity contribution in [3.8, 4) is 0 Å². The van der Waals surface area contributed by atoms with Gasteiger partial charge >= 0.3 is 0 Å². The third-order valence-corrected chi connectivity index (χ3v) is 4.51. The topological polar surface area (TPSA) is 15.3 Å². The van der Waals surface area contributed by atoms with Crippen LogP contribution in [-0.2, 0) is 0 Å². The van der Waals surface area contributed by atoms with Crippen LogP contribution in [-0.4, -0.2) is 38.1 Å². The van der Waals surface area contributed by atoms with Gasteiger partial charge in [0.25, 0.3) is 0 Å². The monoisotopic (exact) mass is 224 g/mol. The second-order valence-electron chi connectivity index (χ2n) is 6.41. The molecule has 2 aliphatic rings. The summed E-state index contributed by atoms with van der Waals surface area (Å²) in [5, 5.41) is 3.47. The first-order valence-corrected chi connectivity index (χ1v) is 7.07. The van der Waals surface area contributed by atoms with Gasteiger partial charge in [0, 0.05) is 13.1 Å². The Morgan fingerprint density at radius 2 is 1.81 bits per heavy atom. The molecule has 16 heavy (non-hydrogen) atoms. The largest absolute Gasteiger partial charge is 0.317 e. The molecule has 0 radical (unpaired) electrons. The van der Waals surface area contributed by atoms with Crippen LogP contribution >= 0.6 is 0 Å². The lowest BCUT2D eigenvalue weighted by Crippen LogP contribution is -2.42. The Morgan fingerprint density at radius 1 is 1.19 bits per heavy atom. The van der Waals surface area contributed by atoms with Crippen LogP contribution in [0.4, 0.5) is 0 Å². The lowest BCUT2D eigenvalue weighted by atomic mass is 9.80. The van der Waals surface area contributed by atoms with Crippen LogP contribution in [0.5, 0.6) is 0 Å². The van der Waals surface area contributed by atoms with Crippen LogP contribution in [0.15, 0.2) is 0 Å².